The van der Waals surface area contributed by atoms with Crippen molar-refractivity contribution in [2.45, 2.75) is 89.3 Å². The monoisotopic (exact) mass is 266 g/mol. The van der Waals surface area contributed by atoms with Gasteiger partial charge in [-0.05, 0) is 39.0 Å². The molecule has 0 aliphatic carbocycles. The summed E-state index contributed by atoms with van der Waals surface area (Å²) >= 11 is 0. The number of nitrogens with zero attached hydrogens (tertiary/aromatic N) is 1. The number of nitrogens with one attached hydrogen (secondary N) is 1. The summed E-state index contributed by atoms with van der Waals surface area (Å²) in [4.78, 5) is 15.0. The van der Waals surface area contributed by atoms with Gasteiger partial charge in [-0.3, -0.25) is 10.1 Å². The average Bonchev–Trinajstić information content (AvgIpc) is 3.06. The summed E-state index contributed by atoms with van der Waals surface area (Å²) in [6.45, 7) is 6.32. The minimum Gasteiger partial charge on any atom is -0.373 e. The van der Waals surface area contributed by atoms with Crippen LogP contribution in [0.1, 0.15) is 59.3 Å². The van der Waals surface area contributed by atoms with Crippen molar-refractivity contribution in [1.82, 2.24) is 10.2 Å². The van der Waals surface area contributed by atoms with Crippen molar-refractivity contribution in [2.24, 2.45) is 0 Å². The first-order chi connectivity index (χ1) is 9.09. The molecule has 108 valence electrons. The normalized spacial score (nSPS) is 45.4. The molecule has 1 N–H and O–H groups in total. The third kappa shape index (κ3) is 2.00. The van der Waals surface area contributed by atoms with Crippen LogP contribution < -0.4 is 5.32 Å². The van der Waals surface area contributed by atoms with Crippen LogP contribution in [0.5, 0.6) is 0 Å². The Morgan fingerprint density at radius 3 is 2.74 bits per heavy atom. The maximum Gasteiger partial charge on any atom is 0.244 e. The van der Waals surface area contributed by atoms with Crippen LogP contribution in [0.2, 0.25) is 0 Å². The number of carbonyl (C=O) groups is 1. The lowest BCUT2D eigenvalue weighted by molar-refractivity contribution is -0.136. The molecule has 19 heavy (non-hydrogen) atoms. The molecule has 0 radical (unpaired) electrons. The highest BCUT2D eigenvalue weighted by Gasteiger charge is 2.54. The minimum atomic E-state index is -0.373. The van der Waals surface area contributed by atoms with Gasteiger partial charge in [0.1, 0.15) is 0 Å². The number of amides is 1. The summed E-state index contributed by atoms with van der Waals surface area (Å²) in [5.74, 6) is 0.287. The number of hydrogen-bond donors (Lipinski definition) is 1. The van der Waals surface area contributed by atoms with Crippen LogP contribution in [0.15, 0.2) is 0 Å². The fourth-order valence-electron chi connectivity index (χ4n) is 3.95. The molecular formula is C15H26N2O2. The van der Waals surface area contributed by atoms with Crippen LogP contribution in [-0.4, -0.2) is 40.8 Å². The number of carbonyl (C=O) groups excluding carboxylic acids is 1. The molecule has 3 heterocycles. The Bertz CT molecular complexity index is 373. The molecule has 3 aliphatic rings. The summed E-state index contributed by atoms with van der Waals surface area (Å²) in [5, 5.41) is 3.57. The average molecular weight is 266 g/mol. The Labute approximate surface area is 115 Å². The summed E-state index contributed by atoms with van der Waals surface area (Å²) in [6, 6.07) is 0.309. The maximum absolute atomic E-state index is 12.8. The molecule has 2 bridgehead atoms. The Morgan fingerprint density at radius 1 is 1.42 bits per heavy atom. The zero-order valence-electron chi connectivity index (χ0n) is 12.3. The van der Waals surface area contributed by atoms with Gasteiger partial charge in [0, 0.05) is 0 Å². The number of hydrogen-bond acceptors (Lipinski definition) is 3. The summed E-state index contributed by atoms with van der Waals surface area (Å²) in [6.07, 6.45) is 7.23. The van der Waals surface area contributed by atoms with E-state index in [4.69, 9.17) is 4.74 Å². The topological polar surface area (TPSA) is 41.6 Å². The molecule has 0 aromatic carbocycles. The lowest BCUT2D eigenvalue weighted by Crippen LogP contribution is -2.49. The summed E-state index contributed by atoms with van der Waals surface area (Å²) < 4.78 is 5.95. The van der Waals surface area contributed by atoms with Gasteiger partial charge in [-0.25, -0.2) is 0 Å². The Hall–Kier alpha value is -0.610. The van der Waals surface area contributed by atoms with Crippen molar-refractivity contribution in [2.75, 3.05) is 0 Å². The van der Waals surface area contributed by atoms with Crippen LogP contribution >= 0.6 is 0 Å². The zero-order valence-corrected chi connectivity index (χ0v) is 12.3. The van der Waals surface area contributed by atoms with Crippen molar-refractivity contribution < 1.29 is 9.53 Å². The maximum atomic E-state index is 12.8. The van der Waals surface area contributed by atoms with Crippen LogP contribution in [-0.2, 0) is 9.53 Å². The fourth-order valence-corrected chi connectivity index (χ4v) is 3.95. The third-order valence-corrected chi connectivity index (χ3v) is 5.23. The van der Waals surface area contributed by atoms with E-state index in [2.05, 4.69) is 24.1 Å². The zero-order chi connectivity index (χ0) is 13.6. The van der Waals surface area contributed by atoms with Crippen LogP contribution in [0.25, 0.3) is 0 Å². The second-order valence-corrected chi connectivity index (χ2v) is 6.52. The Kier molecular flexibility index (Phi) is 3.34. The molecule has 5 atom stereocenters. The molecule has 3 aliphatic heterocycles. The van der Waals surface area contributed by atoms with E-state index in [-0.39, 0.29) is 23.7 Å². The van der Waals surface area contributed by atoms with Crippen molar-refractivity contribution in [3.05, 3.63) is 0 Å². The molecule has 3 saturated heterocycles. The molecule has 4 nitrogen and oxygen atoms in total. The molecule has 3 fully saturated rings. The van der Waals surface area contributed by atoms with E-state index in [0.29, 0.717) is 12.1 Å². The highest BCUT2D eigenvalue weighted by molar-refractivity contribution is 5.88. The summed E-state index contributed by atoms with van der Waals surface area (Å²) in [7, 11) is 0. The highest BCUT2D eigenvalue weighted by Crippen LogP contribution is 2.40. The van der Waals surface area contributed by atoms with E-state index in [0.717, 1.165) is 32.1 Å². The van der Waals surface area contributed by atoms with Gasteiger partial charge in [0.2, 0.25) is 5.91 Å². The predicted octanol–water partition coefficient (Wildman–Crippen LogP) is 2.03. The number of fused-ring (bicyclic) bond motifs is 2. The van der Waals surface area contributed by atoms with Gasteiger partial charge in [0.05, 0.1) is 30.0 Å². The van der Waals surface area contributed by atoms with Crippen LogP contribution in [0.4, 0.5) is 0 Å². The van der Waals surface area contributed by atoms with E-state index in [1.165, 1.54) is 6.42 Å². The van der Waals surface area contributed by atoms with Gasteiger partial charge in [-0.1, -0.05) is 20.3 Å². The van der Waals surface area contributed by atoms with Gasteiger partial charge < -0.3 is 9.64 Å². The first-order valence-corrected chi connectivity index (χ1v) is 7.85. The second-order valence-electron chi connectivity index (χ2n) is 6.52. The molecule has 0 saturated carbocycles. The molecule has 4 heteroatoms. The first-order valence-electron chi connectivity index (χ1n) is 7.85. The van der Waals surface area contributed by atoms with E-state index >= 15 is 0 Å². The molecule has 0 spiro atoms. The van der Waals surface area contributed by atoms with Crippen LogP contribution in [0.3, 0.4) is 0 Å². The minimum absolute atomic E-state index is 0.204. The molecule has 0 aromatic rings. The molecule has 3 rings (SSSR count). The third-order valence-electron chi connectivity index (χ3n) is 5.23. The molecule has 1 amide bonds. The van der Waals surface area contributed by atoms with Crippen molar-refractivity contribution in [1.29, 1.82) is 0 Å². The SMILES string of the molecule is CCCC1NC(C)(CC)C(=O)N1C1CC2CCC1O2. The predicted molar refractivity (Wildman–Crippen MR) is 73.7 cm³/mol. The fraction of sp³-hybridized carbons (Fsp3) is 0.933. The lowest BCUT2D eigenvalue weighted by atomic mass is 9.92. The smallest absolute Gasteiger partial charge is 0.244 e. The van der Waals surface area contributed by atoms with Crippen molar-refractivity contribution in [3.8, 4) is 0 Å². The quantitative estimate of drug-likeness (QED) is 0.846. The van der Waals surface area contributed by atoms with Crippen molar-refractivity contribution in [3.63, 3.8) is 0 Å². The summed E-state index contributed by atoms with van der Waals surface area (Å²) in [5.41, 5.74) is -0.373. The van der Waals surface area contributed by atoms with Gasteiger partial charge >= 0.3 is 0 Å². The van der Waals surface area contributed by atoms with Gasteiger partial charge in [0.15, 0.2) is 0 Å². The van der Waals surface area contributed by atoms with E-state index < -0.39 is 0 Å². The molecule has 5 unspecified atom stereocenters. The Balaban J connectivity index is 1.82. The first kappa shape index (κ1) is 13.4. The second kappa shape index (κ2) is 4.74. The number of rotatable bonds is 4. The van der Waals surface area contributed by atoms with E-state index in [1.807, 2.05) is 6.92 Å². The largest absolute Gasteiger partial charge is 0.373 e. The Morgan fingerprint density at radius 2 is 2.21 bits per heavy atom. The van der Waals surface area contributed by atoms with Crippen molar-refractivity contribution >= 4 is 5.91 Å². The molecular weight excluding hydrogens is 240 g/mol. The van der Waals surface area contributed by atoms with Gasteiger partial charge in [-0.15, -0.1) is 0 Å². The van der Waals surface area contributed by atoms with Crippen LogP contribution in [0, 0.1) is 0 Å². The lowest BCUT2D eigenvalue weighted by Gasteiger charge is -2.34. The van der Waals surface area contributed by atoms with Gasteiger partial charge in [-0.2, -0.15) is 0 Å². The molecule has 0 aromatic heterocycles. The highest BCUT2D eigenvalue weighted by atomic mass is 16.5. The number of ether oxygens (including phenoxy) is 1. The standard InChI is InChI=1S/C15H26N2O2/c1-4-6-13-16-15(3,5-2)14(18)17(13)11-9-10-7-8-12(11)19-10/h10-13,16H,4-9H2,1-3H3. The van der Waals surface area contributed by atoms with Gasteiger partial charge in [0.25, 0.3) is 0 Å². The van der Waals surface area contributed by atoms with E-state index in [9.17, 15) is 4.79 Å². The van der Waals surface area contributed by atoms with E-state index in [1.54, 1.807) is 0 Å².